The SMILES string of the molecule is C=CC(=O)N1CCCC(c2cc(C(=O)Nc3ccc(CC(=O)N(C)C)c(C)c3C)c3c(N)ncnn23)C1. The van der Waals surface area contributed by atoms with Gasteiger partial charge >= 0.3 is 0 Å². The van der Waals surface area contributed by atoms with E-state index in [0.717, 1.165) is 35.2 Å². The van der Waals surface area contributed by atoms with Crippen LogP contribution in [0.1, 0.15) is 51.5 Å². The number of nitrogens with two attached hydrogens (primary N) is 1. The summed E-state index contributed by atoms with van der Waals surface area (Å²) in [6, 6.07) is 5.49. The van der Waals surface area contributed by atoms with Crippen molar-refractivity contribution < 1.29 is 14.4 Å². The van der Waals surface area contributed by atoms with E-state index in [-0.39, 0.29) is 29.5 Å². The standard InChI is InChI=1S/C27H33N7O3/c1-6-23(35)33-11-7-8-19(14-33)22-13-20(25-26(28)29-15-30-34(22)25)27(37)31-21-10-9-18(16(2)17(21)3)12-24(36)32(4)5/h6,9-10,13,15,19H,1,7-8,11-12,14H2,2-5H3,(H,31,37)(H2,28,29,30). The summed E-state index contributed by atoms with van der Waals surface area (Å²) < 4.78 is 1.66. The topological polar surface area (TPSA) is 126 Å². The van der Waals surface area contributed by atoms with Crippen LogP contribution in [-0.4, -0.2) is 69.3 Å². The van der Waals surface area contributed by atoms with Crippen LogP contribution < -0.4 is 11.1 Å². The Labute approximate surface area is 216 Å². The molecule has 0 radical (unpaired) electrons. The van der Waals surface area contributed by atoms with Gasteiger partial charge in [0.1, 0.15) is 11.8 Å². The van der Waals surface area contributed by atoms with Crippen molar-refractivity contribution in [2.75, 3.05) is 38.2 Å². The molecule has 4 rings (SSSR count). The molecule has 0 spiro atoms. The fraction of sp³-hybridized carbons (Fsp3) is 0.370. The van der Waals surface area contributed by atoms with E-state index in [0.29, 0.717) is 36.3 Å². The van der Waals surface area contributed by atoms with E-state index >= 15 is 0 Å². The highest BCUT2D eigenvalue weighted by Gasteiger charge is 2.29. The van der Waals surface area contributed by atoms with Crippen LogP contribution in [0.2, 0.25) is 0 Å². The predicted octanol–water partition coefficient (Wildman–Crippen LogP) is 2.70. The fourth-order valence-electron chi connectivity index (χ4n) is 4.82. The third-order valence-electron chi connectivity index (χ3n) is 7.17. The predicted molar refractivity (Wildman–Crippen MR) is 142 cm³/mol. The molecule has 1 atom stereocenters. The highest BCUT2D eigenvalue weighted by molar-refractivity contribution is 6.11. The second-order valence-corrected chi connectivity index (χ2v) is 9.66. The van der Waals surface area contributed by atoms with Crippen molar-refractivity contribution in [1.29, 1.82) is 0 Å². The number of rotatable bonds is 6. The number of benzene rings is 1. The lowest BCUT2D eigenvalue weighted by molar-refractivity contribution is -0.128. The number of likely N-dealkylation sites (N-methyl/N-ethyl adjacent to an activating group) is 1. The minimum atomic E-state index is -0.334. The Hall–Kier alpha value is -4.21. The average molecular weight is 504 g/mol. The Morgan fingerprint density at radius 2 is 2.00 bits per heavy atom. The van der Waals surface area contributed by atoms with Crippen molar-refractivity contribution in [3.8, 4) is 0 Å². The molecule has 194 valence electrons. The van der Waals surface area contributed by atoms with Crippen molar-refractivity contribution >= 4 is 34.7 Å². The van der Waals surface area contributed by atoms with Gasteiger partial charge < -0.3 is 20.9 Å². The summed E-state index contributed by atoms with van der Waals surface area (Å²) >= 11 is 0. The molecule has 1 unspecified atom stereocenters. The summed E-state index contributed by atoms with van der Waals surface area (Å²) in [5, 5.41) is 7.39. The van der Waals surface area contributed by atoms with E-state index in [4.69, 9.17) is 5.73 Å². The molecule has 1 aliphatic heterocycles. The smallest absolute Gasteiger partial charge is 0.258 e. The first-order valence-corrected chi connectivity index (χ1v) is 12.3. The van der Waals surface area contributed by atoms with Gasteiger partial charge in [0.25, 0.3) is 5.91 Å². The lowest BCUT2D eigenvalue weighted by Gasteiger charge is -2.31. The van der Waals surface area contributed by atoms with Crippen LogP contribution >= 0.6 is 0 Å². The zero-order chi connectivity index (χ0) is 26.9. The molecule has 1 fully saturated rings. The molecule has 0 bridgehead atoms. The fourth-order valence-corrected chi connectivity index (χ4v) is 4.82. The quantitative estimate of drug-likeness (QED) is 0.498. The number of carbonyl (C=O) groups excluding carboxylic acids is 3. The Morgan fingerprint density at radius 3 is 2.70 bits per heavy atom. The van der Waals surface area contributed by atoms with Crippen LogP contribution in [0.15, 0.2) is 37.2 Å². The van der Waals surface area contributed by atoms with Gasteiger partial charge in [-0.3, -0.25) is 14.4 Å². The van der Waals surface area contributed by atoms with Crippen molar-refractivity contribution in [2.24, 2.45) is 0 Å². The van der Waals surface area contributed by atoms with E-state index in [2.05, 4.69) is 22.0 Å². The molecule has 3 amide bonds. The van der Waals surface area contributed by atoms with Gasteiger partial charge in [-0.15, -0.1) is 0 Å². The maximum Gasteiger partial charge on any atom is 0.258 e. The molecule has 3 aromatic rings. The number of piperidine rings is 1. The van der Waals surface area contributed by atoms with Gasteiger partial charge in [0.05, 0.1) is 12.0 Å². The first-order chi connectivity index (χ1) is 17.6. The Morgan fingerprint density at radius 1 is 1.24 bits per heavy atom. The molecule has 1 saturated heterocycles. The molecule has 3 heterocycles. The average Bonchev–Trinajstić information content (AvgIpc) is 3.29. The van der Waals surface area contributed by atoms with Gasteiger partial charge in [-0.2, -0.15) is 5.10 Å². The number of nitrogen functional groups attached to an aromatic ring is 1. The molecule has 10 heteroatoms. The Kier molecular flexibility index (Phi) is 7.28. The summed E-state index contributed by atoms with van der Waals surface area (Å²) in [6.07, 6.45) is 4.67. The number of fused-ring (bicyclic) bond motifs is 1. The summed E-state index contributed by atoms with van der Waals surface area (Å²) in [5.41, 5.74) is 11.2. The number of likely N-dealkylation sites (tertiary alicyclic amines) is 1. The normalized spacial score (nSPS) is 15.5. The highest BCUT2D eigenvalue weighted by atomic mass is 16.2. The van der Waals surface area contributed by atoms with E-state index in [1.165, 1.54) is 12.4 Å². The number of aromatic nitrogens is 3. The lowest BCUT2D eigenvalue weighted by Crippen LogP contribution is -2.38. The van der Waals surface area contributed by atoms with Crippen molar-refractivity contribution in [2.45, 2.75) is 39.0 Å². The third-order valence-corrected chi connectivity index (χ3v) is 7.17. The van der Waals surface area contributed by atoms with Crippen molar-refractivity contribution in [3.63, 3.8) is 0 Å². The Balaban J connectivity index is 1.66. The molecule has 3 N–H and O–H groups in total. The highest BCUT2D eigenvalue weighted by Crippen LogP contribution is 2.32. The summed E-state index contributed by atoms with van der Waals surface area (Å²) in [4.78, 5) is 45.4. The van der Waals surface area contributed by atoms with Gasteiger partial charge in [-0.25, -0.2) is 9.50 Å². The zero-order valence-electron chi connectivity index (χ0n) is 21.7. The molecular weight excluding hydrogens is 470 g/mol. The van der Waals surface area contributed by atoms with Crippen molar-refractivity contribution in [3.05, 3.63) is 65.1 Å². The van der Waals surface area contributed by atoms with Gasteiger partial charge in [0, 0.05) is 44.5 Å². The number of hydrogen-bond donors (Lipinski definition) is 2. The molecule has 10 nitrogen and oxygen atoms in total. The minimum Gasteiger partial charge on any atom is -0.382 e. The monoisotopic (exact) mass is 503 g/mol. The van der Waals surface area contributed by atoms with Crippen LogP contribution in [0.25, 0.3) is 5.52 Å². The van der Waals surface area contributed by atoms with E-state index < -0.39 is 0 Å². The molecule has 1 aromatic carbocycles. The Bertz CT molecular complexity index is 1390. The van der Waals surface area contributed by atoms with Crippen LogP contribution in [-0.2, 0) is 16.0 Å². The number of nitrogens with one attached hydrogen (secondary N) is 1. The van der Waals surface area contributed by atoms with Crippen LogP contribution in [0, 0.1) is 13.8 Å². The summed E-state index contributed by atoms with van der Waals surface area (Å²) in [7, 11) is 3.46. The van der Waals surface area contributed by atoms with E-state index in [1.54, 1.807) is 34.5 Å². The number of hydrogen-bond acceptors (Lipinski definition) is 6. The van der Waals surface area contributed by atoms with Crippen LogP contribution in [0.4, 0.5) is 11.5 Å². The van der Waals surface area contributed by atoms with Gasteiger partial charge in [-0.1, -0.05) is 12.6 Å². The van der Waals surface area contributed by atoms with Gasteiger partial charge in [-0.05, 0) is 61.6 Å². The summed E-state index contributed by atoms with van der Waals surface area (Å²) in [5.74, 6) is -0.247. The van der Waals surface area contributed by atoms with Crippen LogP contribution in [0.5, 0.6) is 0 Å². The second kappa shape index (κ2) is 10.4. The first-order valence-electron chi connectivity index (χ1n) is 12.3. The van der Waals surface area contributed by atoms with E-state index in [9.17, 15) is 14.4 Å². The maximum atomic E-state index is 13.5. The van der Waals surface area contributed by atoms with Gasteiger partial charge in [0.15, 0.2) is 5.82 Å². The zero-order valence-corrected chi connectivity index (χ0v) is 21.7. The molecule has 0 aliphatic carbocycles. The molecule has 0 saturated carbocycles. The molecule has 1 aliphatic rings. The molecular formula is C27H33N7O3. The van der Waals surface area contributed by atoms with Crippen LogP contribution in [0.3, 0.4) is 0 Å². The maximum absolute atomic E-state index is 13.5. The van der Waals surface area contributed by atoms with E-state index in [1.807, 2.05) is 26.0 Å². The lowest BCUT2D eigenvalue weighted by atomic mass is 9.94. The first kappa shape index (κ1) is 25.9. The molecule has 2 aromatic heterocycles. The number of anilines is 2. The second-order valence-electron chi connectivity index (χ2n) is 9.66. The largest absolute Gasteiger partial charge is 0.382 e. The number of nitrogens with zero attached hydrogens (tertiary/aromatic N) is 5. The third kappa shape index (κ3) is 5.04. The number of carbonyl (C=O) groups is 3. The van der Waals surface area contributed by atoms with Crippen molar-refractivity contribution in [1.82, 2.24) is 24.4 Å². The number of amides is 3. The summed E-state index contributed by atoms with van der Waals surface area (Å²) in [6.45, 7) is 8.64. The van der Waals surface area contributed by atoms with Gasteiger partial charge in [0.2, 0.25) is 11.8 Å². The molecule has 37 heavy (non-hydrogen) atoms. The minimum absolute atomic E-state index is 0.0126.